The third kappa shape index (κ3) is 9.36. The van der Waals surface area contributed by atoms with Gasteiger partial charge in [-0.25, -0.2) is 0 Å². The van der Waals surface area contributed by atoms with Crippen LogP contribution >= 0.6 is 0 Å². The summed E-state index contributed by atoms with van der Waals surface area (Å²) in [5, 5.41) is 9.92. The SMILES string of the molecule is CCC(C)(C)C(=O)O[C@H]1C[C@@H](C)C=C2C=C[C@H](C)[C@H](CC[C@@H]3C[C@@H](O)CC(=O)O3)[C@H]21.COC1=C(OC)C(=O)C(CC=C(C)C)=C(C)C1=O. The summed E-state index contributed by atoms with van der Waals surface area (Å²) in [7, 11) is 2.71. The molecule has 0 aromatic rings. The Balaban J connectivity index is 0.000000297. The molecule has 0 radical (unpaired) electrons. The Hall–Kier alpha value is -3.46. The Morgan fingerprint density at radius 3 is 2.27 bits per heavy atom. The van der Waals surface area contributed by atoms with Gasteiger partial charge < -0.3 is 24.1 Å². The lowest BCUT2D eigenvalue weighted by Gasteiger charge is -2.44. The van der Waals surface area contributed by atoms with Gasteiger partial charge >= 0.3 is 11.9 Å². The second-order valence-corrected chi connectivity index (χ2v) is 14.6. The van der Waals surface area contributed by atoms with E-state index in [9.17, 15) is 24.3 Å². The van der Waals surface area contributed by atoms with Crippen molar-refractivity contribution < 1.29 is 43.2 Å². The fraction of sp³-hybridized carbons (Fsp3) is 0.641. The molecule has 1 N–H and O–H groups in total. The number of aliphatic hydroxyl groups is 1. The molecule has 1 aliphatic heterocycles. The largest absolute Gasteiger partial charge is 0.489 e. The minimum atomic E-state index is -0.601. The summed E-state index contributed by atoms with van der Waals surface area (Å²) in [5.41, 5.74) is 2.78. The Labute approximate surface area is 286 Å². The third-order valence-corrected chi connectivity index (χ3v) is 10.2. The predicted molar refractivity (Wildman–Crippen MR) is 183 cm³/mol. The first-order valence-electron chi connectivity index (χ1n) is 17.3. The molecule has 4 aliphatic rings. The average Bonchev–Trinajstić information content (AvgIpc) is 3.01. The van der Waals surface area contributed by atoms with E-state index in [0.29, 0.717) is 41.7 Å². The quantitative estimate of drug-likeness (QED) is 0.150. The van der Waals surface area contributed by atoms with Gasteiger partial charge in [0.15, 0.2) is 0 Å². The molecule has 3 aliphatic carbocycles. The molecule has 9 nitrogen and oxygen atoms in total. The second-order valence-electron chi connectivity index (χ2n) is 14.6. The van der Waals surface area contributed by atoms with E-state index in [1.165, 1.54) is 19.8 Å². The maximum Gasteiger partial charge on any atom is 0.311 e. The van der Waals surface area contributed by atoms with Crippen molar-refractivity contribution in [3.8, 4) is 0 Å². The molecular weight excluding hydrogens is 612 g/mol. The number of carbonyl (C=O) groups excluding carboxylic acids is 4. The number of methoxy groups -OCH3 is 2. The summed E-state index contributed by atoms with van der Waals surface area (Å²) < 4.78 is 21.6. The van der Waals surface area contributed by atoms with Gasteiger partial charge in [0.2, 0.25) is 23.1 Å². The molecule has 1 heterocycles. The molecule has 0 spiro atoms. The van der Waals surface area contributed by atoms with Gasteiger partial charge in [-0.15, -0.1) is 0 Å². The molecule has 0 aromatic carbocycles. The Bertz CT molecular complexity index is 1390. The van der Waals surface area contributed by atoms with Crippen molar-refractivity contribution in [2.45, 2.75) is 119 Å². The van der Waals surface area contributed by atoms with Gasteiger partial charge in [-0.1, -0.05) is 50.6 Å². The van der Waals surface area contributed by atoms with E-state index in [4.69, 9.17) is 18.9 Å². The monoisotopic (exact) mass is 668 g/mol. The minimum Gasteiger partial charge on any atom is -0.489 e. The molecule has 0 unspecified atom stereocenters. The molecule has 1 saturated heterocycles. The van der Waals surface area contributed by atoms with Gasteiger partial charge in [-0.3, -0.25) is 19.2 Å². The van der Waals surface area contributed by atoms with Crippen molar-refractivity contribution in [2.24, 2.45) is 29.1 Å². The molecule has 1 fully saturated rings. The Morgan fingerprint density at radius 2 is 1.69 bits per heavy atom. The number of esters is 2. The number of rotatable bonds is 10. The smallest absolute Gasteiger partial charge is 0.311 e. The fourth-order valence-electron chi connectivity index (χ4n) is 6.82. The van der Waals surface area contributed by atoms with Crippen molar-refractivity contribution in [1.82, 2.24) is 0 Å². The van der Waals surface area contributed by atoms with Crippen LogP contribution in [0.3, 0.4) is 0 Å². The van der Waals surface area contributed by atoms with Gasteiger partial charge in [0.25, 0.3) is 0 Å². The highest BCUT2D eigenvalue weighted by atomic mass is 16.6. The lowest BCUT2D eigenvalue weighted by atomic mass is 9.65. The number of hydrogen-bond acceptors (Lipinski definition) is 9. The van der Waals surface area contributed by atoms with Gasteiger partial charge in [0.1, 0.15) is 12.2 Å². The highest BCUT2D eigenvalue weighted by Gasteiger charge is 2.43. The van der Waals surface area contributed by atoms with E-state index in [0.717, 1.165) is 31.3 Å². The maximum atomic E-state index is 12.9. The summed E-state index contributed by atoms with van der Waals surface area (Å²) >= 11 is 0. The van der Waals surface area contributed by atoms with Crippen LogP contribution in [-0.2, 0) is 38.1 Å². The van der Waals surface area contributed by atoms with E-state index in [-0.39, 0.29) is 59.6 Å². The summed E-state index contributed by atoms with van der Waals surface area (Å²) in [6, 6.07) is 0. The number of fused-ring (bicyclic) bond motifs is 1. The van der Waals surface area contributed by atoms with E-state index in [1.54, 1.807) is 6.92 Å². The number of ketones is 2. The highest BCUT2D eigenvalue weighted by Crippen LogP contribution is 2.45. The fourth-order valence-corrected chi connectivity index (χ4v) is 6.82. The van der Waals surface area contributed by atoms with E-state index in [2.05, 4.69) is 32.1 Å². The first-order chi connectivity index (χ1) is 22.5. The van der Waals surface area contributed by atoms with Crippen LogP contribution in [-0.4, -0.2) is 61.1 Å². The molecule has 48 heavy (non-hydrogen) atoms. The lowest BCUT2D eigenvalue weighted by Crippen LogP contribution is -2.43. The van der Waals surface area contributed by atoms with Crippen molar-refractivity contribution in [3.63, 3.8) is 0 Å². The number of cyclic esters (lactones) is 1. The zero-order chi connectivity index (χ0) is 35.9. The molecule has 0 bridgehead atoms. The molecule has 7 atom stereocenters. The van der Waals surface area contributed by atoms with Gasteiger partial charge in [0, 0.05) is 23.5 Å². The summed E-state index contributed by atoms with van der Waals surface area (Å²) in [4.78, 5) is 48.8. The normalized spacial score (nSPS) is 28.9. The first kappa shape index (κ1) is 39.0. The van der Waals surface area contributed by atoms with Crippen LogP contribution < -0.4 is 0 Å². The minimum absolute atomic E-state index is 0.00902. The molecule has 0 saturated carbocycles. The van der Waals surface area contributed by atoms with Crippen molar-refractivity contribution in [1.29, 1.82) is 0 Å². The molecule has 266 valence electrons. The van der Waals surface area contributed by atoms with E-state index >= 15 is 0 Å². The van der Waals surface area contributed by atoms with Crippen LogP contribution in [0.5, 0.6) is 0 Å². The van der Waals surface area contributed by atoms with Crippen molar-refractivity contribution in [2.75, 3.05) is 14.2 Å². The number of carbonyl (C=O) groups is 4. The molecule has 0 amide bonds. The van der Waals surface area contributed by atoms with Crippen LogP contribution in [0.15, 0.2) is 58.1 Å². The number of hydrogen-bond donors (Lipinski definition) is 1. The third-order valence-electron chi connectivity index (χ3n) is 10.2. The van der Waals surface area contributed by atoms with Crippen molar-refractivity contribution >= 4 is 23.5 Å². The molecule has 9 heteroatoms. The zero-order valence-electron chi connectivity index (χ0n) is 30.5. The van der Waals surface area contributed by atoms with Gasteiger partial charge in [-0.2, -0.15) is 0 Å². The second kappa shape index (κ2) is 16.8. The molecule has 4 rings (SSSR count). The molecular formula is C39H56O9. The zero-order valence-corrected chi connectivity index (χ0v) is 30.5. The van der Waals surface area contributed by atoms with Gasteiger partial charge in [-0.05, 0) is 90.0 Å². The predicted octanol–water partition coefficient (Wildman–Crippen LogP) is 6.90. The standard InChI is InChI=1S/C25H38O5.C14H18O4/c1-6-25(4,5)24(28)30-21-12-15(2)11-17-8-7-16(3)20(23(17)21)10-9-19-13-18(26)14-22(27)29-19;1-8(2)6-7-10-9(3)11(15)13(17-4)14(18-5)12(10)16/h7-8,11,15-16,18-21,23,26H,6,9-10,12-14H2,1-5H3;6H,7H2,1-5H3/t15-,16-,18+,19+,20-,21-,23-;/m0./s1. The van der Waals surface area contributed by atoms with Gasteiger partial charge in [0.05, 0.1) is 32.2 Å². The first-order valence-corrected chi connectivity index (χ1v) is 17.3. The van der Waals surface area contributed by atoms with Crippen molar-refractivity contribution in [3.05, 3.63) is 58.1 Å². The topological polar surface area (TPSA) is 125 Å². The molecule has 0 aromatic heterocycles. The number of Topliss-reactive ketones (excluding diaryl/α,β-unsaturated/α-hetero) is 2. The van der Waals surface area contributed by atoms with Crippen LogP contribution in [0.4, 0.5) is 0 Å². The average molecular weight is 669 g/mol. The number of ether oxygens (including phenoxy) is 4. The highest BCUT2D eigenvalue weighted by molar-refractivity contribution is 6.23. The summed E-state index contributed by atoms with van der Waals surface area (Å²) in [6.07, 6.45) is 12.0. The van der Waals surface area contributed by atoms with Crippen LogP contribution in [0.1, 0.15) is 100 Å². The van der Waals surface area contributed by atoms with E-state index in [1.807, 2.05) is 40.7 Å². The maximum absolute atomic E-state index is 12.9. The number of allylic oxidation sites excluding steroid dienone is 7. The Morgan fingerprint density at radius 1 is 1.04 bits per heavy atom. The number of aliphatic hydroxyl groups excluding tert-OH is 1. The van der Waals surface area contributed by atoms with Crippen LogP contribution in [0.25, 0.3) is 0 Å². The Kier molecular flexibility index (Phi) is 13.6. The lowest BCUT2D eigenvalue weighted by molar-refractivity contribution is -0.166. The summed E-state index contributed by atoms with van der Waals surface area (Å²) in [6.45, 7) is 15.8. The van der Waals surface area contributed by atoms with Crippen LogP contribution in [0.2, 0.25) is 0 Å². The van der Waals surface area contributed by atoms with E-state index < -0.39 is 11.5 Å². The summed E-state index contributed by atoms with van der Waals surface area (Å²) in [5.74, 6) is 0.194. The van der Waals surface area contributed by atoms with Crippen LogP contribution in [0, 0.1) is 29.1 Å².